The minimum absolute atomic E-state index is 0.0164. The summed E-state index contributed by atoms with van der Waals surface area (Å²) in [6.45, 7) is 1.64. The van der Waals surface area contributed by atoms with Crippen LogP contribution in [0, 0.1) is 6.92 Å². The second kappa shape index (κ2) is 6.93. The molecule has 0 aliphatic carbocycles. The van der Waals surface area contributed by atoms with Crippen LogP contribution in [-0.2, 0) is 10.0 Å². The monoisotopic (exact) mass is 387 g/mol. The number of amides is 1. The molecule has 0 unspecified atom stereocenters. The number of sulfonamides is 1. The van der Waals surface area contributed by atoms with Crippen molar-refractivity contribution in [1.82, 2.24) is 10.5 Å². The fourth-order valence-electron chi connectivity index (χ4n) is 1.66. The van der Waals surface area contributed by atoms with Crippen molar-refractivity contribution in [3.8, 4) is 0 Å². The number of benzene rings is 1. The zero-order valence-corrected chi connectivity index (χ0v) is 14.1. The topological polar surface area (TPSA) is 101 Å². The molecule has 7 nitrogen and oxygen atoms in total. The number of hydrogen-bond donors (Lipinski definition) is 2. The van der Waals surface area contributed by atoms with Gasteiger partial charge in [-0.05, 0) is 25.1 Å². The van der Waals surface area contributed by atoms with Crippen molar-refractivity contribution in [2.75, 3.05) is 17.0 Å². The van der Waals surface area contributed by atoms with E-state index in [4.69, 9.17) is 4.52 Å². The molecule has 0 saturated carbocycles. The first-order chi connectivity index (χ1) is 10.4. The van der Waals surface area contributed by atoms with Gasteiger partial charge >= 0.3 is 0 Å². The molecule has 0 fully saturated rings. The number of hydrogen-bond acceptors (Lipinski definition) is 5. The van der Waals surface area contributed by atoms with Crippen LogP contribution in [0.1, 0.15) is 16.1 Å². The molecule has 1 aromatic carbocycles. The minimum atomic E-state index is -3.60. The SMILES string of the molecule is Cc1cc(NS(=O)(=O)CCNC(=O)c2cccc(Br)c2)no1. The Balaban J connectivity index is 1.86. The van der Waals surface area contributed by atoms with Crippen LogP contribution in [0.25, 0.3) is 0 Å². The number of halogens is 1. The van der Waals surface area contributed by atoms with Crippen LogP contribution < -0.4 is 10.0 Å². The molecule has 0 saturated heterocycles. The molecule has 2 aromatic rings. The molecule has 2 rings (SSSR count). The first-order valence-electron chi connectivity index (χ1n) is 6.33. The van der Waals surface area contributed by atoms with E-state index in [-0.39, 0.29) is 24.0 Å². The van der Waals surface area contributed by atoms with Gasteiger partial charge in [0.25, 0.3) is 5.91 Å². The van der Waals surface area contributed by atoms with Gasteiger partial charge in [0, 0.05) is 22.6 Å². The van der Waals surface area contributed by atoms with E-state index < -0.39 is 10.0 Å². The van der Waals surface area contributed by atoms with Crippen molar-refractivity contribution in [3.05, 3.63) is 46.1 Å². The van der Waals surface area contributed by atoms with Crippen LogP contribution in [0.2, 0.25) is 0 Å². The van der Waals surface area contributed by atoms with Crippen LogP contribution in [-0.4, -0.2) is 31.8 Å². The number of carbonyl (C=O) groups is 1. The van der Waals surface area contributed by atoms with Crippen LogP contribution in [0.3, 0.4) is 0 Å². The summed E-state index contributed by atoms with van der Waals surface area (Å²) in [5.74, 6) is 0.0174. The van der Waals surface area contributed by atoms with Crippen molar-refractivity contribution >= 4 is 37.7 Å². The molecule has 1 amide bonds. The molecule has 2 N–H and O–H groups in total. The standard InChI is InChI=1S/C13H14BrN3O4S/c1-9-7-12(16-21-9)17-22(19,20)6-5-15-13(18)10-3-2-4-11(14)8-10/h2-4,7-8H,5-6H2,1H3,(H,15,18)(H,16,17). The van der Waals surface area contributed by atoms with Crippen molar-refractivity contribution < 1.29 is 17.7 Å². The summed E-state index contributed by atoms with van der Waals surface area (Å²) in [5.41, 5.74) is 0.451. The molecule has 9 heteroatoms. The van der Waals surface area contributed by atoms with Gasteiger partial charge in [-0.15, -0.1) is 0 Å². The summed E-state index contributed by atoms with van der Waals surface area (Å²) in [5, 5.41) is 6.09. The lowest BCUT2D eigenvalue weighted by molar-refractivity contribution is 0.0956. The average Bonchev–Trinajstić information content (AvgIpc) is 2.83. The first kappa shape index (κ1) is 16.5. The van der Waals surface area contributed by atoms with E-state index in [0.29, 0.717) is 11.3 Å². The maximum absolute atomic E-state index is 11.9. The average molecular weight is 388 g/mol. The third kappa shape index (κ3) is 4.85. The van der Waals surface area contributed by atoms with E-state index >= 15 is 0 Å². The van der Waals surface area contributed by atoms with Crippen molar-refractivity contribution in [1.29, 1.82) is 0 Å². The van der Waals surface area contributed by atoms with Gasteiger partial charge in [0.05, 0.1) is 5.75 Å². The van der Waals surface area contributed by atoms with E-state index in [1.807, 2.05) is 0 Å². The number of aryl methyl sites for hydroxylation is 1. The van der Waals surface area contributed by atoms with Gasteiger partial charge in [-0.3, -0.25) is 9.52 Å². The summed E-state index contributed by atoms with van der Waals surface area (Å²) >= 11 is 3.27. The molecule has 0 spiro atoms. The summed E-state index contributed by atoms with van der Waals surface area (Å²) < 4.78 is 31.5. The maximum atomic E-state index is 11.9. The minimum Gasteiger partial charge on any atom is -0.360 e. The third-order valence-corrected chi connectivity index (χ3v) is 4.39. The normalized spacial score (nSPS) is 11.2. The molecular formula is C13H14BrN3O4S. The number of nitrogens with one attached hydrogen (secondary N) is 2. The van der Waals surface area contributed by atoms with Crippen LogP contribution >= 0.6 is 15.9 Å². The Bertz CT molecular complexity index is 773. The number of aromatic nitrogens is 1. The van der Waals surface area contributed by atoms with Gasteiger partial charge in [0.15, 0.2) is 5.82 Å². The molecule has 22 heavy (non-hydrogen) atoms. The first-order valence-corrected chi connectivity index (χ1v) is 8.78. The van der Waals surface area contributed by atoms with E-state index in [9.17, 15) is 13.2 Å². The Morgan fingerprint density at radius 1 is 1.36 bits per heavy atom. The fourth-order valence-corrected chi connectivity index (χ4v) is 2.94. The maximum Gasteiger partial charge on any atom is 0.251 e. The predicted octanol–water partition coefficient (Wildman–Crippen LogP) is 1.92. The predicted molar refractivity (Wildman–Crippen MR) is 85.1 cm³/mol. The fraction of sp³-hybridized carbons (Fsp3) is 0.231. The Hall–Kier alpha value is -1.87. The van der Waals surface area contributed by atoms with Crippen LogP contribution in [0.15, 0.2) is 39.3 Å². The summed E-state index contributed by atoms with van der Waals surface area (Å²) in [7, 11) is -3.60. The van der Waals surface area contributed by atoms with Crippen molar-refractivity contribution in [2.24, 2.45) is 0 Å². The second-order valence-electron chi connectivity index (χ2n) is 4.51. The highest BCUT2D eigenvalue weighted by molar-refractivity contribution is 9.10. The molecule has 1 heterocycles. The zero-order chi connectivity index (χ0) is 16.2. The molecule has 1 aromatic heterocycles. The molecule has 0 atom stereocenters. The number of anilines is 1. The quantitative estimate of drug-likeness (QED) is 0.788. The highest BCUT2D eigenvalue weighted by Crippen LogP contribution is 2.11. The third-order valence-electron chi connectivity index (χ3n) is 2.63. The van der Waals surface area contributed by atoms with Gasteiger partial charge in [0.1, 0.15) is 5.76 Å². The highest BCUT2D eigenvalue weighted by Gasteiger charge is 2.14. The Morgan fingerprint density at radius 3 is 2.77 bits per heavy atom. The zero-order valence-electron chi connectivity index (χ0n) is 11.7. The number of carbonyl (C=O) groups excluding carboxylic acids is 1. The van der Waals surface area contributed by atoms with E-state index in [0.717, 1.165) is 4.47 Å². The summed E-state index contributed by atoms with van der Waals surface area (Å²) in [4.78, 5) is 11.9. The molecule has 0 radical (unpaired) electrons. The smallest absolute Gasteiger partial charge is 0.251 e. The van der Waals surface area contributed by atoms with Crippen LogP contribution in [0.5, 0.6) is 0 Å². The van der Waals surface area contributed by atoms with E-state index in [2.05, 4.69) is 31.1 Å². The molecule has 0 aliphatic heterocycles. The van der Waals surface area contributed by atoms with Gasteiger partial charge < -0.3 is 9.84 Å². The Labute approximate surface area is 136 Å². The summed E-state index contributed by atoms with van der Waals surface area (Å²) in [6.07, 6.45) is 0. The number of rotatable bonds is 6. The van der Waals surface area contributed by atoms with Gasteiger partial charge in [-0.25, -0.2) is 8.42 Å². The molecule has 118 valence electrons. The Kier molecular flexibility index (Phi) is 5.19. The van der Waals surface area contributed by atoms with Gasteiger partial charge in [-0.1, -0.05) is 27.2 Å². The summed E-state index contributed by atoms with van der Waals surface area (Å²) in [6, 6.07) is 8.29. The lowest BCUT2D eigenvalue weighted by atomic mass is 10.2. The molecular weight excluding hydrogens is 374 g/mol. The van der Waals surface area contributed by atoms with E-state index in [1.54, 1.807) is 31.2 Å². The molecule has 0 bridgehead atoms. The largest absolute Gasteiger partial charge is 0.360 e. The second-order valence-corrected chi connectivity index (χ2v) is 7.27. The highest BCUT2D eigenvalue weighted by atomic mass is 79.9. The van der Waals surface area contributed by atoms with Crippen molar-refractivity contribution in [3.63, 3.8) is 0 Å². The van der Waals surface area contributed by atoms with E-state index in [1.165, 1.54) is 6.07 Å². The number of nitrogens with zero attached hydrogens (tertiary/aromatic N) is 1. The Morgan fingerprint density at radius 2 is 2.14 bits per heavy atom. The van der Waals surface area contributed by atoms with Crippen LogP contribution in [0.4, 0.5) is 5.82 Å². The lowest BCUT2D eigenvalue weighted by Gasteiger charge is -2.07. The molecule has 0 aliphatic rings. The van der Waals surface area contributed by atoms with Gasteiger partial charge in [0.2, 0.25) is 10.0 Å². The van der Waals surface area contributed by atoms with Crippen molar-refractivity contribution in [2.45, 2.75) is 6.92 Å². The lowest BCUT2D eigenvalue weighted by Crippen LogP contribution is -2.31. The van der Waals surface area contributed by atoms with Gasteiger partial charge in [-0.2, -0.15) is 0 Å².